The molecule has 0 spiro atoms. The number of thioether (sulfide) groups is 1. The Morgan fingerprint density at radius 2 is 2.38 bits per heavy atom. The summed E-state index contributed by atoms with van der Waals surface area (Å²) in [6.07, 6.45) is 1.66. The molecule has 0 unspecified atom stereocenters. The van der Waals surface area contributed by atoms with E-state index in [1.165, 1.54) is 0 Å². The molecule has 88 valence electrons. The van der Waals surface area contributed by atoms with Crippen molar-refractivity contribution in [2.24, 2.45) is 0 Å². The van der Waals surface area contributed by atoms with Crippen molar-refractivity contribution in [3.8, 4) is 0 Å². The van der Waals surface area contributed by atoms with Gasteiger partial charge in [-0.25, -0.2) is 0 Å². The van der Waals surface area contributed by atoms with Crippen LogP contribution >= 0.6 is 11.8 Å². The molecule has 1 aromatic heterocycles. The van der Waals surface area contributed by atoms with Gasteiger partial charge in [-0.3, -0.25) is 4.79 Å². The molecule has 1 amide bonds. The number of aryl methyl sites for hydroxylation is 2. The Morgan fingerprint density at radius 3 is 2.94 bits per heavy atom. The molecule has 1 rings (SSSR count). The smallest absolute Gasteiger partial charge is 0.230 e. The van der Waals surface area contributed by atoms with Gasteiger partial charge < -0.3 is 9.84 Å². The van der Waals surface area contributed by atoms with Gasteiger partial charge in [-0.15, -0.1) is 18.3 Å². The van der Waals surface area contributed by atoms with Crippen molar-refractivity contribution in [2.45, 2.75) is 19.6 Å². The second kappa shape index (κ2) is 6.37. The standard InChI is InChI=1S/C11H16N2O2S/c1-4-5-12-11(14)7-16-6-10-8(2)13-15-9(10)3/h4H,1,5-7H2,2-3H3,(H,12,14). The van der Waals surface area contributed by atoms with Crippen molar-refractivity contribution < 1.29 is 9.32 Å². The molecular weight excluding hydrogens is 224 g/mol. The molecule has 1 heterocycles. The fourth-order valence-electron chi connectivity index (χ4n) is 1.19. The van der Waals surface area contributed by atoms with E-state index in [1.54, 1.807) is 17.8 Å². The molecule has 16 heavy (non-hydrogen) atoms. The van der Waals surface area contributed by atoms with Crippen molar-refractivity contribution in [1.82, 2.24) is 10.5 Å². The fraction of sp³-hybridized carbons (Fsp3) is 0.455. The van der Waals surface area contributed by atoms with E-state index in [4.69, 9.17) is 4.52 Å². The molecule has 0 fully saturated rings. The Balaban J connectivity index is 2.30. The first-order valence-corrected chi connectivity index (χ1v) is 6.17. The van der Waals surface area contributed by atoms with Crippen LogP contribution in [0.1, 0.15) is 17.0 Å². The lowest BCUT2D eigenvalue weighted by Gasteiger charge is -2.02. The summed E-state index contributed by atoms with van der Waals surface area (Å²) in [5.41, 5.74) is 1.98. The van der Waals surface area contributed by atoms with Gasteiger partial charge >= 0.3 is 0 Å². The lowest BCUT2D eigenvalue weighted by atomic mass is 10.2. The van der Waals surface area contributed by atoms with Gasteiger partial charge in [0.1, 0.15) is 5.76 Å². The van der Waals surface area contributed by atoms with Crippen LogP contribution in [-0.2, 0) is 10.5 Å². The van der Waals surface area contributed by atoms with E-state index in [-0.39, 0.29) is 5.91 Å². The molecule has 4 nitrogen and oxygen atoms in total. The van der Waals surface area contributed by atoms with Crippen LogP contribution in [0.15, 0.2) is 17.2 Å². The maximum atomic E-state index is 11.3. The van der Waals surface area contributed by atoms with Gasteiger partial charge in [0.25, 0.3) is 0 Å². The highest BCUT2D eigenvalue weighted by molar-refractivity contribution is 7.99. The minimum Gasteiger partial charge on any atom is -0.361 e. The fourth-order valence-corrected chi connectivity index (χ4v) is 2.20. The number of aromatic nitrogens is 1. The van der Waals surface area contributed by atoms with Crippen LogP contribution in [0.5, 0.6) is 0 Å². The average molecular weight is 240 g/mol. The minimum absolute atomic E-state index is 0.0247. The number of hydrogen-bond donors (Lipinski definition) is 1. The van der Waals surface area contributed by atoms with E-state index in [2.05, 4.69) is 17.1 Å². The van der Waals surface area contributed by atoms with Gasteiger partial charge in [0.05, 0.1) is 11.4 Å². The van der Waals surface area contributed by atoms with Crippen molar-refractivity contribution in [1.29, 1.82) is 0 Å². The third kappa shape index (κ3) is 3.73. The molecule has 0 aliphatic heterocycles. The largest absolute Gasteiger partial charge is 0.361 e. The monoisotopic (exact) mass is 240 g/mol. The van der Waals surface area contributed by atoms with Crippen LogP contribution in [0.4, 0.5) is 0 Å². The summed E-state index contributed by atoms with van der Waals surface area (Å²) in [6, 6.07) is 0. The van der Waals surface area contributed by atoms with Crippen LogP contribution in [0, 0.1) is 13.8 Å². The van der Waals surface area contributed by atoms with Gasteiger partial charge in [-0.2, -0.15) is 0 Å². The molecule has 0 radical (unpaired) electrons. The van der Waals surface area contributed by atoms with Crippen molar-refractivity contribution in [3.63, 3.8) is 0 Å². The molecule has 0 aliphatic rings. The summed E-state index contributed by atoms with van der Waals surface area (Å²) in [7, 11) is 0. The van der Waals surface area contributed by atoms with Gasteiger partial charge in [0.2, 0.25) is 5.91 Å². The number of nitrogens with one attached hydrogen (secondary N) is 1. The number of nitrogens with zero attached hydrogens (tertiary/aromatic N) is 1. The molecule has 0 saturated heterocycles. The number of rotatable bonds is 6. The Hall–Kier alpha value is -1.23. The second-order valence-electron chi connectivity index (χ2n) is 3.39. The summed E-state index contributed by atoms with van der Waals surface area (Å²) >= 11 is 1.55. The first kappa shape index (κ1) is 12.8. The summed E-state index contributed by atoms with van der Waals surface area (Å²) in [5.74, 6) is 2.05. The minimum atomic E-state index is 0.0247. The van der Waals surface area contributed by atoms with E-state index < -0.39 is 0 Å². The highest BCUT2D eigenvalue weighted by Crippen LogP contribution is 2.18. The van der Waals surface area contributed by atoms with Gasteiger partial charge in [0.15, 0.2) is 0 Å². The van der Waals surface area contributed by atoms with E-state index in [0.717, 1.165) is 22.8 Å². The van der Waals surface area contributed by atoms with Gasteiger partial charge in [0, 0.05) is 17.9 Å². The Morgan fingerprint density at radius 1 is 1.62 bits per heavy atom. The summed E-state index contributed by atoms with van der Waals surface area (Å²) in [6.45, 7) is 7.84. The third-order valence-electron chi connectivity index (χ3n) is 2.10. The van der Waals surface area contributed by atoms with Crippen LogP contribution in [0.3, 0.4) is 0 Å². The average Bonchev–Trinajstić information content (AvgIpc) is 2.57. The van der Waals surface area contributed by atoms with Crippen LogP contribution < -0.4 is 5.32 Å². The van der Waals surface area contributed by atoms with Crippen LogP contribution in [-0.4, -0.2) is 23.4 Å². The number of hydrogen-bond acceptors (Lipinski definition) is 4. The zero-order chi connectivity index (χ0) is 12.0. The van der Waals surface area contributed by atoms with E-state index in [9.17, 15) is 4.79 Å². The molecule has 0 bridgehead atoms. The number of carbonyl (C=O) groups is 1. The van der Waals surface area contributed by atoms with Gasteiger partial charge in [-0.05, 0) is 13.8 Å². The quantitative estimate of drug-likeness (QED) is 0.771. The maximum absolute atomic E-state index is 11.3. The molecule has 0 aliphatic carbocycles. The Labute approximate surface area is 99.5 Å². The first-order chi connectivity index (χ1) is 7.65. The van der Waals surface area contributed by atoms with E-state index in [1.807, 2.05) is 13.8 Å². The predicted octanol–water partition coefficient (Wildman–Crippen LogP) is 1.83. The Bertz CT molecular complexity index is 355. The number of carbonyl (C=O) groups excluding carboxylic acids is 1. The zero-order valence-corrected chi connectivity index (χ0v) is 10.4. The molecule has 1 aromatic rings. The molecule has 0 atom stereocenters. The molecule has 1 N–H and O–H groups in total. The third-order valence-corrected chi connectivity index (χ3v) is 3.06. The summed E-state index contributed by atoms with van der Waals surface area (Å²) in [5, 5.41) is 6.59. The molecule has 0 saturated carbocycles. The predicted molar refractivity (Wildman–Crippen MR) is 65.3 cm³/mol. The lowest BCUT2D eigenvalue weighted by molar-refractivity contribution is -0.118. The van der Waals surface area contributed by atoms with Gasteiger partial charge in [-0.1, -0.05) is 11.2 Å². The van der Waals surface area contributed by atoms with E-state index in [0.29, 0.717) is 12.3 Å². The topological polar surface area (TPSA) is 55.1 Å². The van der Waals surface area contributed by atoms with Crippen molar-refractivity contribution >= 4 is 17.7 Å². The van der Waals surface area contributed by atoms with Crippen molar-refractivity contribution in [2.75, 3.05) is 12.3 Å². The van der Waals surface area contributed by atoms with Crippen molar-refractivity contribution in [3.05, 3.63) is 29.7 Å². The number of amides is 1. The summed E-state index contributed by atoms with van der Waals surface area (Å²) < 4.78 is 5.04. The zero-order valence-electron chi connectivity index (χ0n) is 9.58. The highest BCUT2D eigenvalue weighted by Gasteiger charge is 2.09. The maximum Gasteiger partial charge on any atom is 0.230 e. The molecular formula is C11H16N2O2S. The lowest BCUT2D eigenvalue weighted by Crippen LogP contribution is -2.24. The second-order valence-corrected chi connectivity index (χ2v) is 4.37. The Kier molecular flexibility index (Phi) is 5.11. The van der Waals surface area contributed by atoms with Crippen LogP contribution in [0.25, 0.3) is 0 Å². The molecule has 5 heteroatoms. The van der Waals surface area contributed by atoms with Crippen LogP contribution in [0.2, 0.25) is 0 Å². The first-order valence-electron chi connectivity index (χ1n) is 5.02. The molecule has 0 aromatic carbocycles. The van der Waals surface area contributed by atoms with E-state index >= 15 is 0 Å². The SMILES string of the molecule is C=CCNC(=O)CSCc1c(C)noc1C. The summed E-state index contributed by atoms with van der Waals surface area (Å²) in [4.78, 5) is 11.3. The normalized spacial score (nSPS) is 10.1. The highest BCUT2D eigenvalue weighted by atomic mass is 32.2.